The number of carbonyl (C=O) groups excluding carboxylic acids is 2. The molecule has 0 spiro atoms. The standard InChI is InChI=1S/C25H24N2O4/c28-24(26-14-17-10-11-22-23(13-17)31-16-30-22)19-7-4-12-27(15-19)25(29)21-9-3-6-18-5-1-2-8-20(18)21/h1-3,5-6,8-11,13,19H,4,7,12,14-16H2,(H,26,28). The third kappa shape index (κ3) is 3.93. The minimum atomic E-state index is -0.207. The van der Waals surface area contributed by atoms with Gasteiger partial charge in [0.2, 0.25) is 12.7 Å². The van der Waals surface area contributed by atoms with E-state index in [0.29, 0.717) is 30.9 Å². The lowest BCUT2D eigenvalue weighted by molar-refractivity contribution is -0.126. The highest BCUT2D eigenvalue weighted by atomic mass is 16.7. The summed E-state index contributed by atoms with van der Waals surface area (Å²) in [6, 6.07) is 19.4. The van der Waals surface area contributed by atoms with Crippen LogP contribution in [-0.4, -0.2) is 36.6 Å². The van der Waals surface area contributed by atoms with Gasteiger partial charge in [0.15, 0.2) is 11.5 Å². The zero-order valence-electron chi connectivity index (χ0n) is 17.2. The summed E-state index contributed by atoms with van der Waals surface area (Å²) in [5.41, 5.74) is 1.65. The molecule has 2 heterocycles. The van der Waals surface area contributed by atoms with Crippen LogP contribution in [0.5, 0.6) is 11.5 Å². The van der Waals surface area contributed by atoms with Crippen LogP contribution in [0, 0.1) is 5.92 Å². The molecule has 3 aromatic rings. The summed E-state index contributed by atoms with van der Waals surface area (Å²) in [7, 11) is 0. The summed E-state index contributed by atoms with van der Waals surface area (Å²) in [4.78, 5) is 27.9. The molecule has 6 nitrogen and oxygen atoms in total. The van der Waals surface area contributed by atoms with E-state index in [2.05, 4.69) is 5.32 Å². The number of nitrogens with one attached hydrogen (secondary N) is 1. The molecule has 3 aromatic carbocycles. The van der Waals surface area contributed by atoms with Crippen molar-refractivity contribution in [3.05, 3.63) is 71.8 Å². The van der Waals surface area contributed by atoms with E-state index in [1.165, 1.54) is 0 Å². The minimum Gasteiger partial charge on any atom is -0.454 e. The molecule has 1 fully saturated rings. The van der Waals surface area contributed by atoms with Crippen LogP contribution < -0.4 is 14.8 Å². The molecule has 0 aliphatic carbocycles. The number of carbonyl (C=O) groups is 2. The van der Waals surface area contributed by atoms with Gasteiger partial charge in [0, 0.05) is 25.2 Å². The van der Waals surface area contributed by atoms with E-state index in [-0.39, 0.29) is 24.5 Å². The molecule has 5 rings (SSSR count). The zero-order chi connectivity index (χ0) is 21.2. The third-order valence-corrected chi connectivity index (χ3v) is 6.00. The topological polar surface area (TPSA) is 67.9 Å². The first-order chi connectivity index (χ1) is 15.2. The Balaban J connectivity index is 1.24. The normalized spacial score (nSPS) is 17.5. The van der Waals surface area contributed by atoms with Crippen LogP contribution in [-0.2, 0) is 11.3 Å². The highest BCUT2D eigenvalue weighted by molar-refractivity contribution is 6.07. The summed E-state index contributed by atoms with van der Waals surface area (Å²) in [6.07, 6.45) is 1.60. The summed E-state index contributed by atoms with van der Waals surface area (Å²) in [6.45, 7) is 1.76. The minimum absolute atomic E-state index is 0.00919. The van der Waals surface area contributed by atoms with Gasteiger partial charge in [0.1, 0.15) is 0 Å². The second-order valence-electron chi connectivity index (χ2n) is 8.02. The van der Waals surface area contributed by atoms with Gasteiger partial charge >= 0.3 is 0 Å². The van der Waals surface area contributed by atoms with Gasteiger partial charge in [-0.2, -0.15) is 0 Å². The van der Waals surface area contributed by atoms with Crippen LogP contribution >= 0.6 is 0 Å². The van der Waals surface area contributed by atoms with E-state index >= 15 is 0 Å². The summed E-state index contributed by atoms with van der Waals surface area (Å²) < 4.78 is 10.7. The highest BCUT2D eigenvalue weighted by Gasteiger charge is 2.29. The van der Waals surface area contributed by atoms with E-state index in [0.717, 1.165) is 34.9 Å². The quantitative estimate of drug-likeness (QED) is 0.704. The second kappa shape index (κ2) is 8.30. The fourth-order valence-corrected chi connectivity index (χ4v) is 4.34. The maximum Gasteiger partial charge on any atom is 0.254 e. The average molecular weight is 416 g/mol. The lowest BCUT2D eigenvalue weighted by Gasteiger charge is -2.32. The van der Waals surface area contributed by atoms with Crippen LogP contribution in [0.3, 0.4) is 0 Å². The van der Waals surface area contributed by atoms with Crippen LogP contribution in [0.2, 0.25) is 0 Å². The van der Waals surface area contributed by atoms with Gasteiger partial charge in [0.25, 0.3) is 5.91 Å². The molecule has 2 amide bonds. The Bertz CT molecular complexity index is 1140. The Labute approximate surface area is 180 Å². The molecular weight excluding hydrogens is 392 g/mol. The molecule has 158 valence electrons. The Morgan fingerprint density at radius 1 is 1.00 bits per heavy atom. The number of likely N-dealkylation sites (tertiary alicyclic amines) is 1. The molecular formula is C25H24N2O4. The first-order valence-corrected chi connectivity index (χ1v) is 10.6. The SMILES string of the molecule is O=C(NCc1ccc2c(c1)OCO2)C1CCCN(C(=O)c2cccc3ccccc23)C1. The lowest BCUT2D eigenvalue weighted by Crippen LogP contribution is -2.45. The van der Waals surface area contributed by atoms with Crippen molar-refractivity contribution in [2.45, 2.75) is 19.4 Å². The van der Waals surface area contributed by atoms with Crippen molar-refractivity contribution in [1.82, 2.24) is 10.2 Å². The van der Waals surface area contributed by atoms with Crippen molar-refractivity contribution in [1.29, 1.82) is 0 Å². The lowest BCUT2D eigenvalue weighted by atomic mass is 9.95. The third-order valence-electron chi connectivity index (χ3n) is 6.00. The predicted octanol–water partition coefficient (Wildman–Crippen LogP) is 3.74. The molecule has 0 aromatic heterocycles. The average Bonchev–Trinajstić information content (AvgIpc) is 3.30. The number of nitrogens with zero attached hydrogens (tertiary/aromatic N) is 1. The summed E-state index contributed by atoms with van der Waals surface area (Å²) in [5.74, 6) is 1.20. The highest BCUT2D eigenvalue weighted by Crippen LogP contribution is 2.32. The smallest absolute Gasteiger partial charge is 0.254 e. The molecule has 31 heavy (non-hydrogen) atoms. The molecule has 0 radical (unpaired) electrons. The van der Waals surface area contributed by atoms with E-state index in [9.17, 15) is 9.59 Å². The van der Waals surface area contributed by atoms with Crippen molar-refractivity contribution < 1.29 is 19.1 Å². The van der Waals surface area contributed by atoms with Crippen molar-refractivity contribution in [2.24, 2.45) is 5.92 Å². The van der Waals surface area contributed by atoms with Gasteiger partial charge in [-0.15, -0.1) is 0 Å². The molecule has 1 unspecified atom stereocenters. The Hall–Kier alpha value is -3.54. The number of hydrogen-bond donors (Lipinski definition) is 1. The van der Waals surface area contributed by atoms with Crippen LogP contribution in [0.25, 0.3) is 10.8 Å². The van der Waals surface area contributed by atoms with E-state index < -0.39 is 0 Å². The maximum absolute atomic E-state index is 13.2. The van der Waals surface area contributed by atoms with Crippen LogP contribution in [0.15, 0.2) is 60.7 Å². The van der Waals surface area contributed by atoms with Gasteiger partial charge in [-0.25, -0.2) is 0 Å². The first-order valence-electron chi connectivity index (χ1n) is 10.6. The van der Waals surface area contributed by atoms with Crippen LogP contribution in [0.1, 0.15) is 28.8 Å². The number of benzene rings is 3. The largest absolute Gasteiger partial charge is 0.454 e. The molecule has 0 bridgehead atoms. The number of piperidine rings is 1. The van der Waals surface area contributed by atoms with Crippen molar-refractivity contribution in [2.75, 3.05) is 19.9 Å². The zero-order valence-corrected chi connectivity index (χ0v) is 17.2. The molecule has 2 aliphatic rings. The summed E-state index contributed by atoms with van der Waals surface area (Å²) >= 11 is 0. The monoisotopic (exact) mass is 416 g/mol. The van der Waals surface area contributed by atoms with Gasteiger partial charge in [-0.3, -0.25) is 9.59 Å². The van der Waals surface area contributed by atoms with Gasteiger partial charge in [-0.1, -0.05) is 42.5 Å². The van der Waals surface area contributed by atoms with Gasteiger partial charge in [0.05, 0.1) is 5.92 Å². The van der Waals surface area contributed by atoms with Gasteiger partial charge in [-0.05, 0) is 47.4 Å². The predicted molar refractivity (Wildman–Crippen MR) is 117 cm³/mol. The first kappa shape index (κ1) is 19.4. The molecule has 1 atom stereocenters. The summed E-state index contributed by atoms with van der Waals surface area (Å²) in [5, 5.41) is 5.01. The molecule has 6 heteroatoms. The van der Waals surface area contributed by atoms with Crippen molar-refractivity contribution in [3.63, 3.8) is 0 Å². The maximum atomic E-state index is 13.2. The Morgan fingerprint density at radius 3 is 2.77 bits per heavy atom. The Morgan fingerprint density at radius 2 is 1.84 bits per heavy atom. The van der Waals surface area contributed by atoms with Gasteiger partial charge < -0.3 is 19.7 Å². The fourth-order valence-electron chi connectivity index (χ4n) is 4.34. The van der Waals surface area contributed by atoms with Crippen molar-refractivity contribution in [3.8, 4) is 11.5 Å². The second-order valence-corrected chi connectivity index (χ2v) is 8.02. The number of amides is 2. The van der Waals surface area contributed by atoms with E-state index in [4.69, 9.17) is 9.47 Å². The van der Waals surface area contributed by atoms with Crippen molar-refractivity contribution >= 4 is 22.6 Å². The Kier molecular flexibility index (Phi) is 5.20. The van der Waals surface area contributed by atoms with E-state index in [1.807, 2.05) is 65.6 Å². The molecule has 1 saturated heterocycles. The molecule has 2 aliphatic heterocycles. The number of hydrogen-bond acceptors (Lipinski definition) is 4. The van der Waals surface area contributed by atoms with Crippen LogP contribution in [0.4, 0.5) is 0 Å². The number of rotatable bonds is 4. The number of fused-ring (bicyclic) bond motifs is 2. The number of ether oxygens (including phenoxy) is 2. The molecule has 0 saturated carbocycles. The van der Waals surface area contributed by atoms with E-state index in [1.54, 1.807) is 0 Å². The fraction of sp³-hybridized carbons (Fsp3) is 0.280. The molecule has 1 N–H and O–H groups in total.